The maximum Gasteiger partial charge on any atom is 0.153 e. The Balaban J connectivity index is 2.58. The van der Waals surface area contributed by atoms with Crippen molar-refractivity contribution >= 4 is 5.82 Å². The number of halogens is 1. The van der Waals surface area contributed by atoms with Gasteiger partial charge >= 0.3 is 0 Å². The Kier molecular flexibility index (Phi) is 4.32. The highest BCUT2D eigenvalue weighted by Gasteiger charge is 2.14. The highest BCUT2D eigenvalue weighted by Crippen LogP contribution is 2.28. The van der Waals surface area contributed by atoms with Gasteiger partial charge < -0.3 is 5.32 Å². The number of benzene rings is 1. The fraction of sp³-hybridized carbons (Fsp3) is 0.375. The van der Waals surface area contributed by atoms with Crippen LogP contribution >= 0.6 is 0 Å². The molecule has 4 heteroatoms. The molecule has 2 rings (SSSR count). The minimum absolute atomic E-state index is 0.271. The summed E-state index contributed by atoms with van der Waals surface area (Å²) in [6, 6.07) is 5.04. The molecule has 0 unspecified atom stereocenters. The molecule has 0 spiro atoms. The number of rotatable bonds is 4. The summed E-state index contributed by atoms with van der Waals surface area (Å²) in [7, 11) is 0. The molecule has 0 aliphatic rings. The van der Waals surface area contributed by atoms with E-state index in [1.807, 2.05) is 26.8 Å². The largest absolute Gasteiger partial charge is 0.368 e. The lowest BCUT2D eigenvalue weighted by Crippen LogP contribution is -2.08. The number of nitrogens with one attached hydrogen (secondary N) is 1. The summed E-state index contributed by atoms with van der Waals surface area (Å²) in [6.45, 7) is 8.61. The van der Waals surface area contributed by atoms with Gasteiger partial charge in [-0.3, -0.25) is 0 Å². The monoisotopic (exact) mass is 273 g/mol. The molecule has 3 nitrogen and oxygen atoms in total. The van der Waals surface area contributed by atoms with Crippen LogP contribution in [0.25, 0.3) is 11.3 Å². The molecule has 0 atom stereocenters. The Morgan fingerprint density at radius 1 is 1.10 bits per heavy atom. The van der Waals surface area contributed by atoms with Gasteiger partial charge in [-0.25, -0.2) is 14.4 Å². The van der Waals surface area contributed by atoms with Crippen molar-refractivity contribution in [1.29, 1.82) is 0 Å². The number of aryl methyl sites for hydroxylation is 3. The van der Waals surface area contributed by atoms with Crippen molar-refractivity contribution in [3.63, 3.8) is 0 Å². The molecule has 0 bridgehead atoms. The molecule has 0 saturated heterocycles. The fourth-order valence-corrected chi connectivity index (χ4v) is 1.98. The van der Waals surface area contributed by atoms with E-state index >= 15 is 0 Å². The SMILES string of the molecule is CCCNc1nc(C)c(C)nc1-c1cc(C)ccc1F. The maximum atomic E-state index is 14.1. The number of hydrogen-bond acceptors (Lipinski definition) is 3. The Morgan fingerprint density at radius 3 is 2.50 bits per heavy atom. The van der Waals surface area contributed by atoms with Crippen molar-refractivity contribution in [3.05, 3.63) is 41.0 Å². The second-order valence-corrected chi connectivity index (χ2v) is 5.00. The van der Waals surface area contributed by atoms with Crippen molar-refractivity contribution in [2.24, 2.45) is 0 Å². The molecule has 2 aromatic rings. The van der Waals surface area contributed by atoms with Crippen molar-refractivity contribution in [1.82, 2.24) is 9.97 Å². The van der Waals surface area contributed by atoms with E-state index in [0.29, 0.717) is 17.1 Å². The van der Waals surface area contributed by atoms with E-state index < -0.39 is 0 Å². The molecule has 0 radical (unpaired) electrons. The molecule has 1 aromatic carbocycles. The average molecular weight is 273 g/mol. The van der Waals surface area contributed by atoms with Gasteiger partial charge in [0.15, 0.2) is 5.82 Å². The Labute approximate surface area is 119 Å². The van der Waals surface area contributed by atoms with E-state index in [9.17, 15) is 4.39 Å². The predicted molar refractivity (Wildman–Crippen MR) is 80.4 cm³/mol. The van der Waals surface area contributed by atoms with Crippen LogP contribution in [0.3, 0.4) is 0 Å². The molecule has 0 aliphatic carbocycles. The third-order valence-corrected chi connectivity index (χ3v) is 3.23. The zero-order valence-electron chi connectivity index (χ0n) is 12.4. The van der Waals surface area contributed by atoms with E-state index in [-0.39, 0.29) is 5.82 Å². The zero-order chi connectivity index (χ0) is 14.7. The summed E-state index contributed by atoms with van der Waals surface area (Å²) < 4.78 is 14.1. The molecule has 1 heterocycles. The van der Waals surface area contributed by atoms with Crippen LogP contribution in [0.4, 0.5) is 10.2 Å². The van der Waals surface area contributed by atoms with E-state index in [0.717, 1.165) is 29.9 Å². The van der Waals surface area contributed by atoms with E-state index in [1.165, 1.54) is 6.07 Å². The lowest BCUT2D eigenvalue weighted by molar-refractivity contribution is 0.630. The first-order valence-electron chi connectivity index (χ1n) is 6.88. The molecular formula is C16H20FN3. The summed E-state index contributed by atoms with van der Waals surface area (Å²) >= 11 is 0. The zero-order valence-corrected chi connectivity index (χ0v) is 12.4. The first kappa shape index (κ1) is 14.4. The molecule has 1 N–H and O–H groups in total. The number of aromatic nitrogens is 2. The molecule has 0 fully saturated rings. The highest BCUT2D eigenvalue weighted by atomic mass is 19.1. The van der Waals surface area contributed by atoms with Crippen molar-refractivity contribution in [3.8, 4) is 11.3 Å². The summed E-state index contributed by atoms with van der Waals surface area (Å²) in [4.78, 5) is 9.05. The first-order valence-corrected chi connectivity index (χ1v) is 6.88. The van der Waals surface area contributed by atoms with E-state index in [2.05, 4.69) is 22.2 Å². The summed E-state index contributed by atoms with van der Waals surface area (Å²) in [5.74, 6) is 0.382. The summed E-state index contributed by atoms with van der Waals surface area (Å²) in [5.41, 5.74) is 3.77. The van der Waals surface area contributed by atoms with Crippen LogP contribution in [0.2, 0.25) is 0 Å². The average Bonchev–Trinajstić information content (AvgIpc) is 2.42. The standard InChI is InChI=1S/C16H20FN3/c1-5-8-18-16-15(19-11(3)12(4)20-16)13-9-10(2)6-7-14(13)17/h6-7,9H,5,8H2,1-4H3,(H,18,20). The maximum absolute atomic E-state index is 14.1. The van der Waals surface area contributed by atoms with Crippen LogP contribution in [0, 0.1) is 26.6 Å². The molecule has 20 heavy (non-hydrogen) atoms. The minimum Gasteiger partial charge on any atom is -0.368 e. The van der Waals surface area contributed by atoms with Gasteiger partial charge in [-0.2, -0.15) is 0 Å². The van der Waals surface area contributed by atoms with E-state index in [1.54, 1.807) is 6.07 Å². The van der Waals surface area contributed by atoms with Gasteiger partial charge in [0, 0.05) is 12.1 Å². The van der Waals surface area contributed by atoms with Crippen LogP contribution in [0.15, 0.2) is 18.2 Å². The van der Waals surface area contributed by atoms with Gasteiger partial charge in [0.05, 0.1) is 11.4 Å². The van der Waals surface area contributed by atoms with Crippen LogP contribution in [-0.4, -0.2) is 16.5 Å². The second-order valence-electron chi connectivity index (χ2n) is 5.00. The Bertz CT molecular complexity index is 623. The lowest BCUT2D eigenvalue weighted by atomic mass is 10.1. The molecule has 1 aromatic heterocycles. The van der Waals surface area contributed by atoms with Crippen LogP contribution in [0.5, 0.6) is 0 Å². The lowest BCUT2D eigenvalue weighted by Gasteiger charge is -2.13. The van der Waals surface area contributed by atoms with Crippen LogP contribution in [0.1, 0.15) is 30.3 Å². The van der Waals surface area contributed by atoms with Gasteiger partial charge in [0.25, 0.3) is 0 Å². The minimum atomic E-state index is -0.271. The summed E-state index contributed by atoms with van der Waals surface area (Å²) in [6.07, 6.45) is 0.977. The second kappa shape index (κ2) is 5.99. The Hall–Kier alpha value is -1.97. The predicted octanol–water partition coefficient (Wildman–Crippen LogP) is 4.03. The van der Waals surface area contributed by atoms with Gasteiger partial charge in [0.1, 0.15) is 11.5 Å². The smallest absolute Gasteiger partial charge is 0.153 e. The van der Waals surface area contributed by atoms with Gasteiger partial charge in [0.2, 0.25) is 0 Å². The fourth-order valence-electron chi connectivity index (χ4n) is 1.98. The molecule has 0 amide bonds. The topological polar surface area (TPSA) is 37.8 Å². The third kappa shape index (κ3) is 2.95. The number of nitrogens with zero attached hydrogens (tertiary/aromatic N) is 2. The van der Waals surface area contributed by atoms with Gasteiger partial charge in [-0.15, -0.1) is 0 Å². The van der Waals surface area contributed by atoms with Crippen LogP contribution in [-0.2, 0) is 0 Å². The van der Waals surface area contributed by atoms with Crippen molar-refractivity contribution in [2.45, 2.75) is 34.1 Å². The number of hydrogen-bond donors (Lipinski definition) is 1. The molecule has 0 saturated carbocycles. The number of anilines is 1. The quantitative estimate of drug-likeness (QED) is 0.914. The van der Waals surface area contributed by atoms with Gasteiger partial charge in [-0.05, 0) is 39.3 Å². The normalized spacial score (nSPS) is 10.7. The third-order valence-electron chi connectivity index (χ3n) is 3.23. The van der Waals surface area contributed by atoms with Gasteiger partial charge in [-0.1, -0.05) is 18.6 Å². The summed E-state index contributed by atoms with van der Waals surface area (Å²) in [5, 5.41) is 3.24. The van der Waals surface area contributed by atoms with Crippen LogP contribution < -0.4 is 5.32 Å². The molecule has 106 valence electrons. The molecular weight excluding hydrogens is 253 g/mol. The van der Waals surface area contributed by atoms with Crippen molar-refractivity contribution < 1.29 is 4.39 Å². The molecule has 0 aliphatic heterocycles. The Morgan fingerprint density at radius 2 is 1.80 bits per heavy atom. The first-order chi connectivity index (χ1) is 9.52. The highest BCUT2D eigenvalue weighted by molar-refractivity contribution is 5.72. The van der Waals surface area contributed by atoms with E-state index in [4.69, 9.17) is 0 Å². The van der Waals surface area contributed by atoms with Crippen molar-refractivity contribution in [2.75, 3.05) is 11.9 Å².